The number of benzene rings is 1. The molecule has 1 aromatic carbocycles. The fraction of sp³-hybridized carbons (Fsp3) is 0.154. The zero-order chi connectivity index (χ0) is 14.9. The molecule has 1 N–H and O–H groups in total. The highest BCUT2D eigenvalue weighted by Gasteiger charge is 2.25. The Morgan fingerprint density at radius 2 is 1.85 bits per heavy atom. The minimum Gasteiger partial charge on any atom is -0.308 e. The van der Waals surface area contributed by atoms with Crippen LogP contribution in [0.2, 0.25) is 0 Å². The zero-order valence-corrected chi connectivity index (χ0v) is 15.0. The predicted octanol–water partition coefficient (Wildman–Crippen LogP) is 4.96. The molecular formula is C13H9Br3F2N2. The van der Waals surface area contributed by atoms with Gasteiger partial charge in [-0.1, -0.05) is 0 Å². The Hall–Kier alpha value is -0.370. The van der Waals surface area contributed by atoms with Crippen molar-refractivity contribution in [3.05, 3.63) is 60.7 Å². The van der Waals surface area contributed by atoms with Gasteiger partial charge in [0.1, 0.15) is 11.6 Å². The van der Waals surface area contributed by atoms with Crippen molar-refractivity contribution < 1.29 is 8.78 Å². The third kappa shape index (κ3) is 3.10. The first-order chi connectivity index (χ1) is 9.45. The number of nitrogens with zero attached hydrogens (tertiary/aromatic N) is 1. The molecule has 106 valence electrons. The molecule has 1 atom stereocenters. The Bertz CT molecular complexity index is 650. The van der Waals surface area contributed by atoms with Gasteiger partial charge in [0.2, 0.25) is 0 Å². The molecule has 2 aromatic rings. The van der Waals surface area contributed by atoms with E-state index in [9.17, 15) is 8.78 Å². The molecule has 0 spiro atoms. The summed E-state index contributed by atoms with van der Waals surface area (Å²) in [4.78, 5) is 4.23. The van der Waals surface area contributed by atoms with Crippen LogP contribution in [0.5, 0.6) is 0 Å². The fourth-order valence-electron chi connectivity index (χ4n) is 1.86. The van der Waals surface area contributed by atoms with E-state index in [1.807, 2.05) is 0 Å². The summed E-state index contributed by atoms with van der Waals surface area (Å²) in [7, 11) is 1.63. The maximum Gasteiger partial charge on any atom is 0.145 e. The molecule has 0 saturated carbocycles. The Labute approximate surface area is 140 Å². The van der Waals surface area contributed by atoms with Crippen molar-refractivity contribution in [1.29, 1.82) is 0 Å². The van der Waals surface area contributed by atoms with E-state index in [0.717, 1.165) is 4.47 Å². The Balaban J connectivity index is 2.61. The smallest absolute Gasteiger partial charge is 0.145 e. The highest BCUT2D eigenvalue weighted by molar-refractivity contribution is 9.11. The van der Waals surface area contributed by atoms with E-state index >= 15 is 0 Å². The molecule has 1 heterocycles. The van der Waals surface area contributed by atoms with Gasteiger partial charge in [-0.25, -0.2) is 8.78 Å². The highest BCUT2D eigenvalue weighted by Crippen LogP contribution is 2.33. The van der Waals surface area contributed by atoms with Crippen LogP contribution in [0.1, 0.15) is 17.3 Å². The lowest BCUT2D eigenvalue weighted by molar-refractivity contribution is 0.513. The average molecular weight is 471 g/mol. The summed E-state index contributed by atoms with van der Waals surface area (Å²) < 4.78 is 29.9. The summed E-state index contributed by atoms with van der Waals surface area (Å²) in [5.41, 5.74) is 0.434. The SMILES string of the molecule is CNC(c1ncc(Br)cc1Br)c1c(F)ccc(Br)c1F. The first kappa shape index (κ1) is 16.0. The number of hydrogen-bond acceptors (Lipinski definition) is 2. The van der Waals surface area contributed by atoms with Gasteiger partial charge >= 0.3 is 0 Å². The maximum absolute atomic E-state index is 14.2. The normalized spacial score (nSPS) is 12.5. The second-order valence-electron chi connectivity index (χ2n) is 4.00. The Kier molecular flexibility index (Phi) is 5.28. The third-order valence-electron chi connectivity index (χ3n) is 2.77. The van der Waals surface area contributed by atoms with Gasteiger partial charge in [-0.3, -0.25) is 4.98 Å². The van der Waals surface area contributed by atoms with Gasteiger partial charge < -0.3 is 5.32 Å². The lowest BCUT2D eigenvalue weighted by Gasteiger charge is -2.19. The molecule has 2 nitrogen and oxygen atoms in total. The topological polar surface area (TPSA) is 24.9 Å². The largest absolute Gasteiger partial charge is 0.308 e. The molecule has 0 aliphatic carbocycles. The molecule has 0 amide bonds. The van der Waals surface area contributed by atoms with Crippen molar-refractivity contribution in [3.63, 3.8) is 0 Å². The summed E-state index contributed by atoms with van der Waals surface area (Å²) in [5, 5.41) is 2.90. The van der Waals surface area contributed by atoms with E-state index in [2.05, 4.69) is 58.1 Å². The molecular weight excluding hydrogens is 462 g/mol. The molecule has 1 aromatic heterocycles. The van der Waals surface area contributed by atoms with Crippen LogP contribution in [-0.2, 0) is 0 Å². The van der Waals surface area contributed by atoms with Crippen LogP contribution in [0, 0.1) is 11.6 Å². The van der Waals surface area contributed by atoms with Crippen LogP contribution in [0.4, 0.5) is 8.78 Å². The first-order valence-corrected chi connectivity index (χ1v) is 7.95. The second-order valence-corrected chi connectivity index (χ2v) is 6.62. The lowest BCUT2D eigenvalue weighted by atomic mass is 10.0. The molecule has 1 unspecified atom stereocenters. The highest BCUT2D eigenvalue weighted by atomic mass is 79.9. The van der Waals surface area contributed by atoms with Crippen LogP contribution in [0.25, 0.3) is 0 Å². The number of rotatable bonds is 3. The number of nitrogens with one attached hydrogen (secondary N) is 1. The zero-order valence-electron chi connectivity index (χ0n) is 10.2. The molecule has 0 aliphatic heterocycles. The van der Waals surface area contributed by atoms with E-state index in [1.54, 1.807) is 19.3 Å². The van der Waals surface area contributed by atoms with E-state index in [0.29, 0.717) is 10.2 Å². The lowest BCUT2D eigenvalue weighted by Crippen LogP contribution is -2.22. The van der Waals surface area contributed by atoms with Gasteiger partial charge in [-0.05, 0) is 73.0 Å². The molecule has 2 rings (SSSR count). The van der Waals surface area contributed by atoms with Crippen molar-refractivity contribution in [1.82, 2.24) is 10.3 Å². The van der Waals surface area contributed by atoms with Crippen LogP contribution in [-0.4, -0.2) is 12.0 Å². The van der Waals surface area contributed by atoms with E-state index in [4.69, 9.17) is 0 Å². The number of hydrogen-bond donors (Lipinski definition) is 1. The second kappa shape index (κ2) is 6.60. The van der Waals surface area contributed by atoms with Gasteiger partial charge in [0.05, 0.1) is 16.2 Å². The molecule has 0 bridgehead atoms. The van der Waals surface area contributed by atoms with Crippen molar-refractivity contribution in [2.45, 2.75) is 6.04 Å². The first-order valence-electron chi connectivity index (χ1n) is 5.57. The number of aromatic nitrogens is 1. The summed E-state index contributed by atoms with van der Waals surface area (Å²) in [6.07, 6.45) is 1.58. The number of halogens is 5. The predicted molar refractivity (Wildman–Crippen MR) is 84.6 cm³/mol. The summed E-state index contributed by atoms with van der Waals surface area (Å²) in [6, 6.07) is 3.64. The average Bonchev–Trinajstić information content (AvgIpc) is 2.40. The van der Waals surface area contributed by atoms with Gasteiger partial charge in [0, 0.05) is 20.7 Å². The fourth-order valence-corrected chi connectivity index (χ4v) is 3.42. The van der Waals surface area contributed by atoms with Gasteiger partial charge in [0.15, 0.2) is 0 Å². The van der Waals surface area contributed by atoms with Gasteiger partial charge in [-0.15, -0.1) is 0 Å². The van der Waals surface area contributed by atoms with Crippen LogP contribution < -0.4 is 5.32 Å². The summed E-state index contributed by atoms with van der Waals surface area (Å²) in [6.45, 7) is 0. The Morgan fingerprint density at radius 3 is 2.45 bits per heavy atom. The van der Waals surface area contributed by atoms with Crippen LogP contribution in [0.15, 0.2) is 37.8 Å². The van der Waals surface area contributed by atoms with Crippen molar-refractivity contribution >= 4 is 47.8 Å². The quantitative estimate of drug-likeness (QED) is 0.642. The molecule has 0 radical (unpaired) electrons. The van der Waals surface area contributed by atoms with Crippen LogP contribution >= 0.6 is 47.8 Å². The maximum atomic E-state index is 14.2. The van der Waals surface area contributed by atoms with E-state index in [1.165, 1.54) is 12.1 Å². The standard InChI is InChI=1S/C13H9Br3F2N2/c1-19-13(12-8(16)4-6(14)5-20-12)10-9(17)3-2-7(15)11(10)18/h2-5,13,19H,1H3. The van der Waals surface area contributed by atoms with E-state index < -0.39 is 17.7 Å². The van der Waals surface area contributed by atoms with Gasteiger partial charge in [0.25, 0.3) is 0 Å². The molecule has 20 heavy (non-hydrogen) atoms. The minimum absolute atomic E-state index is 0.0719. The molecule has 0 aliphatic rings. The van der Waals surface area contributed by atoms with E-state index in [-0.39, 0.29) is 10.0 Å². The molecule has 0 saturated heterocycles. The van der Waals surface area contributed by atoms with Crippen molar-refractivity contribution in [2.75, 3.05) is 7.05 Å². The monoisotopic (exact) mass is 468 g/mol. The molecule has 7 heteroatoms. The minimum atomic E-state index is -0.699. The van der Waals surface area contributed by atoms with Crippen molar-refractivity contribution in [2.24, 2.45) is 0 Å². The van der Waals surface area contributed by atoms with Crippen molar-refractivity contribution in [3.8, 4) is 0 Å². The van der Waals surface area contributed by atoms with Crippen LogP contribution in [0.3, 0.4) is 0 Å². The van der Waals surface area contributed by atoms with Gasteiger partial charge in [-0.2, -0.15) is 0 Å². The Morgan fingerprint density at radius 1 is 1.15 bits per heavy atom. The molecule has 0 fully saturated rings. The summed E-state index contributed by atoms with van der Waals surface area (Å²) >= 11 is 9.73. The summed E-state index contributed by atoms with van der Waals surface area (Å²) in [5.74, 6) is -1.26. The third-order valence-corrected chi connectivity index (χ3v) is 4.45. The number of pyridine rings is 1.